The third-order valence-electron chi connectivity index (χ3n) is 10.9. The highest BCUT2D eigenvalue weighted by atomic mass is 19.1. The average molecular weight is 491 g/mol. The Labute approximate surface area is 220 Å². The molecule has 35 heavy (non-hydrogen) atoms. The zero-order valence-electron chi connectivity index (χ0n) is 23.9. The molecular weight excluding hydrogens is 427 g/mol. The molecule has 1 heteroatoms. The predicted molar refractivity (Wildman–Crippen MR) is 153 cm³/mol. The van der Waals surface area contributed by atoms with E-state index in [-0.39, 0.29) is 6.67 Å². The first-order valence-corrected chi connectivity index (χ1v) is 16.9. The van der Waals surface area contributed by atoms with Crippen LogP contribution in [0.25, 0.3) is 0 Å². The van der Waals surface area contributed by atoms with Crippen molar-refractivity contribution in [2.24, 2.45) is 35.5 Å². The zero-order chi connectivity index (χ0) is 24.6. The largest absolute Gasteiger partial charge is 0.251 e. The van der Waals surface area contributed by atoms with Gasteiger partial charge in [-0.1, -0.05) is 116 Å². The lowest BCUT2D eigenvalue weighted by Crippen LogP contribution is -2.29. The van der Waals surface area contributed by atoms with Crippen molar-refractivity contribution in [2.45, 2.75) is 174 Å². The molecule has 0 bridgehead atoms. The van der Waals surface area contributed by atoms with E-state index in [1.165, 1.54) is 89.9 Å². The number of halogens is 1. The summed E-state index contributed by atoms with van der Waals surface area (Å²) in [5, 5.41) is 0. The number of hydrogen-bond acceptors (Lipinski definition) is 0. The summed E-state index contributed by atoms with van der Waals surface area (Å²) in [6, 6.07) is 0. The molecule has 0 unspecified atom stereocenters. The first kappa shape index (κ1) is 29.5. The lowest BCUT2D eigenvalue weighted by molar-refractivity contribution is 0.102. The lowest BCUT2D eigenvalue weighted by atomic mass is 9.64. The van der Waals surface area contributed by atoms with Gasteiger partial charge in [0.25, 0.3) is 0 Å². The van der Waals surface area contributed by atoms with Crippen molar-refractivity contribution in [3.63, 3.8) is 0 Å². The summed E-state index contributed by atoms with van der Waals surface area (Å²) in [5.74, 6) is 6.42. The summed E-state index contributed by atoms with van der Waals surface area (Å²) in [5.41, 5.74) is 0. The monoisotopic (exact) mass is 490 g/mol. The third-order valence-corrected chi connectivity index (χ3v) is 10.9. The standard InChI is InChI=1S/C34H63F/c1-2-3-4-5-8-11-14-29-16-20-31(21-17-29)33-24-26-34(27-25-33)32-22-18-30(19-23-32)15-12-9-6-7-10-13-28-35/h29-34H,2-28H2,1H3. The maximum Gasteiger partial charge on any atom is 0.0894 e. The van der Waals surface area contributed by atoms with Crippen LogP contribution in [0.4, 0.5) is 4.39 Å². The van der Waals surface area contributed by atoms with Crippen LogP contribution in [0, 0.1) is 35.5 Å². The van der Waals surface area contributed by atoms with Crippen LogP contribution in [0.3, 0.4) is 0 Å². The van der Waals surface area contributed by atoms with Crippen LogP contribution in [0.5, 0.6) is 0 Å². The second-order valence-corrected chi connectivity index (χ2v) is 13.4. The molecule has 3 saturated carbocycles. The molecule has 0 nitrogen and oxygen atoms in total. The van der Waals surface area contributed by atoms with Crippen molar-refractivity contribution in [1.29, 1.82) is 0 Å². The topological polar surface area (TPSA) is 0 Å². The molecule has 0 radical (unpaired) electrons. The predicted octanol–water partition coefficient (Wildman–Crippen LogP) is 11.9. The van der Waals surface area contributed by atoms with Crippen LogP contribution in [-0.4, -0.2) is 6.67 Å². The molecule has 3 aliphatic rings. The molecule has 0 aliphatic heterocycles. The van der Waals surface area contributed by atoms with Gasteiger partial charge in [0.1, 0.15) is 0 Å². The third kappa shape index (κ3) is 11.5. The van der Waals surface area contributed by atoms with Crippen molar-refractivity contribution in [1.82, 2.24) is 0 Å². The van der Waals surface area contributed by atoms with Crippen LogP contribution in [0.2, 0.25) is 0 Å². The SMILES string of the molecule is CCCCCCCCC1CCC(C2CCC(C3CCC(CCCCCCCCF)CC3)CC2)CC1. The molecule has 3 fully saturated rings. The van der Waals surface area contributed by atoms with Gasteiger partial charge in [0.15, 0.2) is 0 Å². The molecule has 0 saturated heterocycles. The molecule has 3 aliphatic carbocycles. The minimum atomic E-state index is -0.120. The van der Waals surface area contributed by atoms with E-state index in [0.717, 1.165) is 48.3 Å². The van der Waals surface area contributed by atoms with Crippen LogP contribution in [0.1, 0.15) is 174 Å². The summed E-state index contributed by atoms with van der Waals surface area (Å²) >= 11 is 0. The van der Waals surface area contributed by atoms with Gasteiger partial charge in [0.2, 0.25) is 0 Å². The van der Waals surface area contributed by atoms with Gasteiger partial charge in [-0.05, 0) is 93.3 Å². The summed E-state index contributed by atoms with van der Waals surface area (Å²) < 4.78 is 12.2. The molecule has 3 rings (SSSR count). The van der Waals surface area contributed by atoms with E-state index < -0.39 is 0 Å². The Balaban J connectivity index is 1.19. The number of alkyl halides is 1. The van der Waals surface area contributed by atoms with Gasteiger partial charge < -0.3 is 0 Å². The van der Waals surface area contributed by atoms with Crippen molar-refractivity contribution >= 4 is 0 Å². The van der Waals surface area contributed by atoms with E-state index >= 15 is 0 Å². The smallest absolute Gasteiger partial charge is 0.0894 e. The summed E-state index contributed by atoms with van der Waals surface area (Å²) in [7, 11) is 0. The normalized spacial score (nSPS) is 32.1. The van der Waals surface area contributed by atoms with Gasteiger partial charge in [-0.2, -0.15) is 0 Å². The molecule has 0 aromatic carbocycles. The van der Waals surface area contributed by atoms with E-state index in [2.05, 4.69) is 6.92 Å². The Bertz CT molecular complexity index is 477. The van der Waals surface area contributed by atoms with Crippen LogP contribution in [0.15, 0.2) is 0 Å². The summed E-state index contributed by atoms with van der Waals surface area (Å²) in [4.78, 5) is 0. The zero-order valence-corrected chi connectivity index (χ0v) is 23.9. The minimum Gasteiger partial charge on any atom is -0.251 e. The van der Waals surface area contributed by atoms with E-state index in [0.29, 0.717) is 0 Å². The Morgan fingerprint density at radius 3 is 1.09 bits per heavy atom. The van der Waals surface area contributed by atoms with E-state index in [4.69, 9.17) is 0 Å². The van der Waals surface area contributed by atoms with Crippen molar-refractivity contribution < 1.29 is 4.39 Å². The van der Waals surface area contributed by atoms with Gasteiger partial charge in [0.05, 0.1) is 6.67 Å². The fourth-order valence-corrected chi connectivity index (χ4v) is 8.43. The highest BCUT2D eigenvalue weighted by Crippen LogP contribution is 2.46. The first-order valence-electron chi connectivity index (χ1n) is 16.9. The Morgan fingerprint density at radius 2 is 0.714 bits per heavy atom. The second-order valence-electron chi connectivity index (χ2n) is 13.4. The number of hydrogen-bond donors (Lipinski definition) is 0. The Kier molecular flexibility index (Phi) is 15.4. The van der Waals surface area contributed by atoms with E-state index in [1.54, 1.807) is 64.2 Å². The van der Waals surface area contributed by atoms with Crippen molar-refractivity contribution in [3.8, 4) is 0 Å². The van der Waals surface area contributed by atoms with Gasteiger partial charge in [-0.25, -0.2) is 0 Å². The molecule has 0 N–H and O–H groups in total. The molecule has 0 atom stereocenters. The minimum absolute atomic E-state index is 0.120. The molecule has 0 aromatic rings. The Morgan fingerprint density at radius 1 is 0.400 bits per heavy atom. The van der Waals surface area contributed by atoms with Gasteiger partial charge in [-0.15, -0.1) is 0 Å². The summed E-state index contributed by atoms with van der Waals surface area (Å²) in [6.45, 7) is 2.20. The second kappa shape index (κ2) is 18.2. The van der Waals surface area contributed by atoms with E-state index in [9.17, 15) is 4.39 Å². The first-order chi connectivity index (χ1) is 17.3. The Hall–Kier alpha value is -0.0700. The molecule has 206 valence electrons. The van der Waals surface area contributed by atoms with Crippen molar-refractivity contribution in [2.75, 3.05) is 6.67 Å². The highest BCUT2D eigenvalue weighted by molar-refractivity contribution is 4.86. The quantitative estimate of drug-likeness (QED) is 0.178. The number of rotatable bonds is 17. The van der Waals surface area contributed by atoms with Gasteiger partial charge in [-0.3, -0.25) is 4.39 Å². The van der Waals surface area contributed by atoms with Gasteiger partial charge in [0, 0.05) is 0 Å². The summed E-state index contributed by atoms with van der Waals surface area (Å²) in [6.07, 6.45) is 37.7. The average Bonchev–Trinajstić information content (AvgIpc) is 2.91. The van der Waals surface area contributed by atoms with Crippen LogP contribution >= 0.6 is 0 Å². The highest BCUT2D eigenvalue weighted by Gasteiger charge is 2.34. The molecule has 0 heterocycles. The fraction of sp³-hybridized carbons (Fsp3) is 1.00. The molecule has 0 amide bonds. The van der Waals surface area contributed by atoms with Crippen molar-refractivity contribution in [3.05, 3.63) is 0 Å². The molecule has 0 aromatic heterocycles. The number of unbranched alkanes of at least 4 members (excludes halogenated alkanes) is 10. The maximum atomic E-state index is 12.2. The van der Waals surface area contributed by atoms with Crippen LogP contribution < -0.4 is 0 Å². The van der Waals surface area contributed by atoms with Gasteiger partial charge >= 0.3 is 0 Å². The fourth-order valence-electron chi connectivity index (χ4n) is 8.43. The van der Waals surface area contributed by atoms with Crippen LogP contribution in [-0.2, 0) is 0 Å². The lowest BCUT2D eigenvalue weighted by Gasteiger charge is -2.41. The molecule has 0 spiro atoms. The van der Waals surface area contributed by atoms with E-state index in [1.807, 2.05) is 0 Å². The maximum absolute atomic E-state index is 12.2. The molecular formula is C34H63F.